The van der Waals surface area contributed by atoms with Crippen LogP contribution in [0.4, 0.5) is 10.1 Å². The smallest absolute Gasteiger partial charge is 0.241 e. The summed E-state index contributed by atoms with van der Waals surface area (Å²) in [6.07, 6.45) is 1.72. The molecule has 0 saturated carbocycles. The highest BCUT2D eigenvalue weighted by Gasteiger charge is 2.32. The molecule has 5 nitrogen and oxygen atoms in total. The lowest BCUT2D eigenvalue weighted by atomic mass is 10.0. The van der Waals surface area contributed by atoms with Crippen LogP contribution in [0.5, 0.6) is 0 Å². The van der Waals surface area contributed by atoms with Crippen molar-refractivity contribution in [2.75, 3.05) is 18.9 Å². The number of hydrogen-bond donors (Lipinski definition) is 2. The molecule has 0 aromatic heterocycles. The molecule has 1 heterocycles. The molecule has 1 saturated heterocycles. The van der Waals surface area contributed by atoms with Crippen molar-refractivity contribution in [3.63, 3.8) is 0 Å². The zero-order chi connectivity index (χ0) is 15.8. The van der Waals surface area contributed by atoms with E-state index in [-0.39, 0.29) is 22.7 Å². The Bertz CT molecular complexity index is 653. The van der Waals surface area contributed by atoms with Crippen LogP contribution in [0.2, 0.25) is 0 Å². The lowest BCUT2D eigenvalue weighted by Crippen LogP contribution is -2.40. The normalized spacial score (nSPS) is 22.7. The Balaban J connectivity index is 2.30. The fourth-order valence-electron chi connectivity index (χ4n) is 2.64. The highest BCUT2D eigenvalue weighted by Crippen LogP contribution is 2.29. The van der Waals surface area contributed by atoms with E-state index in [1.54, 1.807) is 6.92 Å². The summed E-state index contributed by atoms with van der Waals surface area (Å²) in [6, 6.07) is 1.14. The summed E-state index contributed by atoms with van der Waals surface area (Å²) in [5, 5.41) is 0. The monoisotopic (exact) mass is 316 g/mol. The number of benzene rings is 1. The van der Waals surface area contributed by atoms with Gasteiger partial charge in [-0.25, -0.2) is 17.5 Å². The Labute approximate surface area is 124 Å². The lowest BCUT2D eigenvalue weighted by Gasteiger charge is -2.24. The average Bonchev–Trinajstić information content (AvgIpc) is 2.81. The van der Waals surface area contributed by atoms with Crippen molar-refractivity contribution in [3.05, 3.63) is 23.0 Å². The molecule has 3 N–H and O–H groups in total. The lowest BCUT2D eigenvalue weighted by molar-refractivity contribution is 0.0250. The number of nitrogens with one attached hydrogen (secondary N) is 1. The first-order chi connectivity index (χ1) is 9.66. The largest absolute Gasteiger partial charge is 0.396 e. The van der Waals surface area contributed by atoms with Gasteiger partial charge in [0.25, 0.3) is 0 Å². The van der Waals surface area contributed by atoms with Crippen molar-refractivity contribution in [3.8, 4) is 0 Å². The molecule has 1 aliphatic rings. The Morgan fingerprint density at radius 3 is 2.71 bits per heavy atom. The molecule has 118 valence electrons. The van der Waals surface area contributed by atoms with Gasteiger partial charge >= 0.3 is 0 Å². The highest BCUT2D eigenvalue weighted by atomic mass is 32.2. The van der Waals surface area contributed by atoms with Crippen LogP contribution in [-0.2, 0) is 14.8 Å². The fraction of sp³-hybridized carbons (Fsp3) is 0.571. The zero-order valence-corrected chi connectivity index (χ0v) is 13.3. The van der Waals surface area contributed by atoms with Gasteiger partial charge in [0.05, 0.1) is 16.2 Å². The fourth-order valence-corrected chi connectivity index (χ4v) is 4.28. The van der Waals surface area contributed by atoms with Gasteiger partial charge < -0.3 is 10.5 Å². The third-order valence-electron chi connectivity index (χ3n) is 3.91. The average molecular weight is 316 g/mol. The van der Waals surface area contributed by atoms with Crippen molar-refractivity contribution >= 4 is 15.7 Å². The molecule has 1 aromatic rings. The second-order valence-electron chi connectivity index (χ2n) is 5.77. The summed E-state index contributed by atoms with van der Waals surface area (Å²) in [4.78, 5) is 0.0444. The van der Waals surface area contributed by atoms with E-state index in [1.807, 2.05) is 6.92 Å². The molecule has 0 bridgehead atoms. The standard InChI is InChI=1S/C14H21FN2O3S/c1-9-7-11(15)12(16)10(2)13(9)21(18,19)17-8-14(3)5-4-6-20-14/h7,17H,4-6,8,16H2,1-3H3. The SMILES string of the molecule is Cc1cc(F)c(N)c(C)c1S(=O)(=O)NCC1(C)CCCO1. The van der Waals surface area contributed by atoms with Gasteiger partial charge in [0, 0.05) is 13.2 Å². The van der Waals surface area contributed by atoms with Gasteiger partial charge in [-0.05, 0) is 50.8 Å². The Morgan fingerprint density at radius 1 is 1.48 bits per heavy atom. The van der Waals surface area contributed by atoms with E-state index in [4.69, 9.17) is 10.5 Å². The molecular weight excluding hydrogens is 295 g/mol. The van der Waals surface area contributed by atoms with Crippen LogP contribution in [0.3, 0.4) is 0 Å². The molecule has 1 aromatic carbocycles. The predicted octanol–water partition coefficient (Wildman–Crippen LogP) is 1.87. The van der Waals surface area contributed by atoms with Gasteiger partial charge in [0.2, 0.25) is 10.0 Å². The third-order valence-corrected chi connectivity index (χ3v) is 5.60. The molecular formula is C14H21FN2O3S. The van der Waals surface area contributed by atoms with Crippen LogP contribution in [0.25, 0.3) is 0 Å². The summed E-state index contributed by atoms with van der Waals surface area (Å²) in [5.41, 5.74) is 5.55. The summed E-state index contributed by atoms with van der Waals surface area (Å²) < 4.78 is 46.6. The molecule has 1 aliphatic heterocycles. The van der Waals surface area contributed by atoms with Gasteiger partial charge in [0.15, 0.2) is 0 Å². The number of halogens is 1. The summed E-state index contributed by atoms with van der Waals surface area (Å²) in [7, 11) is -3.76. The van der Waals surface area contributed by atoms with Crippen LogP contribution in [0, 0.1) is 19.7 Å². The highest BCUT2D eigenvalue weighted by molar-refractivity contribution is 7.89. The third kappa shape index (κ3) is 3.20. The first-order valence-electron chi connectivity index (χ1n) is 6.85. The summed E-state index contributed by atoms with van der Waals surface area (Å²) in [6.45, 7) is 5.76. The van der Waals surface area contributed by atoms with Crippen molar-refractivity contribution in [2.24, 2.45) is 0 Å². The molecule has 21 heavy (non-hydrogen) atoms. The number of hydrogen-bond acceptors (Lipinski definition) is 4. The first-order valence-corrected chi connectivity index (χ1v) is 8.33. The second kappa shape index (κ2) is 5.55. The molecule has 0 amide bonds. The topological polar surface area (TPSA) is 81.4 Å². The zero-order valence-electron chi connectivity index (χ0n) is 12.5. The van der Waals surface area contributed by atoms with Crippen molar-refractivity contribution < 1.29 is 17.5 Å². The molecule has 0 radical (unpaired) electrons. The van der Waals surface area contributed by atoms with Crippen LogP contribution >= 0.6 is 0 Å². The van der Waals surface area contributed by atoms with Crippen molar-refractivity contribution in [1.29, 1.82) is 0 Å². The molecule has 0 aliphatic carbocycles. The van der Waals surface area contributed by atoms with Crippen molar-refractivity contribution in [2.45, 2.75) is 44.1 Å². The first kappa shape index (κ1) is 16.2. The Kier molecular flexibility index (Phi) is 4.28. The predicted molar refractivity (Wildman–Crippen MR) is 79.1 cm³/mol. The number of aryl methyl sites for hydroxylation is 1. The minimum absolute atomic E-state index is 0.0444. The van der Waals surface area contributed by atoms with E-state index in [1.165, 1.54) is 6.92 Å². The number of ether oxygens (including phenoxy) is 1. The maximum atomic E-state index is 13.5. The van der Waals surface area contributed by atoms with Gasteiger partial charge in [-0.1, -0.05) is 0 Å². The maximum absolute atomic E-state index is 13.5. The van der Waals surface area contributed by atoms with Crippen molar-refractivity contribution in [1.82, 2.24) is 4.72 Å². The minimum atomic E-state index is -3.76. The number of anilines is 1. The van der Waals surface area contributed by atoms with E-state index in [0.717, 1.165) is 18.9 Å². The van der Waals surface area contributed by atoms with Crippen LogP contribution < -0.4 is 10.5 Å². The van der Waals surface area contributed by atoms with E-state index >= 15 is 0 Å². The molecule has 0 spiro atoms. The summed E-state index contributed by atoms with van der Waals surface area (Å²) >= 11 is 0. The Hall–Kier alpha value is -1.18. The minimum Gasteiger partial charge on any atom is -0.396 e. The quantitative estimate of drug-likeness (QED) is 0.831. The van der Waals surface area contributed by atoms with E-state index in [0.29, 0.717) is 12.2 Å². The van der Waals surface area contributed by atoms with E-state index < -0.39 is 21.4 Å². The maximum Gasteiger partial charge on any atom is 0.241 e. The number of rotatable bonds is 4. The van der Waals surface area contributed by atoms with Gasteiger partial charge in [-0.2, -0.15) is 0 Å². The van der Waals surface area contributed by atoms with E-state index in [9.17, 15) is 12.8 Å². The molecule has 1 atom stereocenters. The number of sulfonamides is 1. The van der Waals surface area contributed by atoms with Crippen LogP contribution in [-0.4, -0.2) is 27.2 Å². The molecule has 1 fully saturated rings. The van der Waals surface area contributed by atoms with Crippen LogP contribution in [0.1, 0.15) is 30.9 Å². The Morgan fingerprint density at radius 2 is 2.14 bits per heavy atom. The number of nitrogens with two attached hydrogens (primary N) is 1. The van der Waals surface area contributed by atoms with Crippen LogP contribution in [0.15, 0.2) is 11.0 Å². The molecule has 2 rings (SSSR count). The van der Waals surface area contributed by atoms with Gasteiger partial charge in [-0.15, -0.1) is 0 Å². The van der Waals surface area contributed by atoms with E-state index in [2.05, 4.69) is 4.72 Å². The second-order valence-corrected chi connectivity index (χ2v) is 7.47. The van der Waals surface area contributed by atoms with Gasteiger partial charge in [0.1, 0.15) is 5.82 Å². The number of nitrogen functional groups attached to an aromatic ring is 1. The molecule has 7 heteroatoms. The van der Waals surface area contributed by atoms with Gasteiger partial charge in [-0.3, -0.25) is 0 Å². The molecule has 1 unspecified atom stereocenters. The summed E-state index contributed by atoms with van der Waals surface area (Å²) in [5.74, 6) is -0.602.